The van der Waals surface area contributed by atoms with Gasteiger partial charge in [-0.15, -0.1) is 0 Å². The van der Waals surface area contributed by atoms with Gasteiger partial charge in [0.05, 0.1) is 19.9 Å². The van der Waals surface area contributed by atoms with Crippen LogP contribution in [0.4, 0.5) is 5.69 Å². The monoisotopic (exact) mass is 356 g/mol. The summed E-state index contributed by atoms with van der Waals surface area (Å²) in [7, 11) is 3.14. The van der Waals surface area contributed by atoms with Gasteiger partial charge in [-0.25, -0.2) is 0 Å². The van der Waals surface area contributed by atoms with Gasteiger partial charge in [0.2, 0.25) is 5.91 Å². The second kappa shape index (κ2) is 8.89. The minimum Gasteiger partial charge on any atom is -0.497 e. The number of ether oxygens (including phenoxy) is 2. The van der Waals surface area contributed by atoms with E-state index in [0.717, 1.165) is 5.56 Å². The molecule has 0 radical (unpaired) electrons. The predicted octanol–water partition coefficient (Wildman–Crippen LogP) is 2.80. The molecule has 0 aliphatic heterocycles. The average molecular weight is 356 g/mol. The van der Waals surface area contributed by atoms with Crippen LogP contribution in [0, 0.1) is 6.92 Å². The van der Waals surface area contributed by atoms with Crippen molar-refractivity contribution in [3.63, 3.8) is 0 Å². The van der Waals surface area contributed by atoms with Gasteiger partial charge in [0.1, 0.15) is 11.5 Å². The Morgan fingerprint density at radius 2 is 1.73 bits per heavy atom. The van der Waals surface area contributed by atoms with Crippen molar-refractivity contribution in [1.29, 1.82) is 0 Å². The second-order valence-electron chi connectivity index (χ2n) is 5.83. The van der Waals surface area contributed by atoms with Crippen molar-refractivity contribution in [2.45, 2.75) is 13.8 Å². The predicted molar refractivity (Wildman–Crippen MR) is 101 cm³/mol. The molecule has 2 aromatic carbocycles. The number of hydrogen-bond acceptors (Lipinski definition) is 4. The Morgan fingerprint density at radius 1 is 1.04 bits per heavy atom. The van der Waals surface area contributed by atoms with Gasteiger partial charge in [-0.1, -0.05) is 6.07 Å². The van der Waals surface area contributed by atoms with Crippen LogP contribution in [0.1, 0.15) is 22.8 Å². The van der Waals surface area contributed by atoms with Gasteiger partial charge in [0.25, 0.3) is 5.91 Å². The highest BCUT2D eigenvalue weighted by Gasteiger charge is 2.16. The van der Waals surface area contributed by atoms with Crippen LogP contribution in [0.2, 0.25) is 0 Å². The maximum Gasteiger partial charge on any atom is 0.251 e. The molecule has 0 unspecified atom stereocenters. The lowest BCUT2D eigenvalue weighted by molar-refractivity contribution is -0.116. The van der Waals surface area contributed by atoms with Crippen LogP contribution in [0.25, 0.3) is 0 Å². The summed E-state index contributed by atoms with van der Waals surface area (Å²) in [5.41, 5.74) is 2.25. The van der Waals surface area contributed by atoms with E-state index in [2.05, 4.69) is 5.32 Å². The Labute approximate surface area is 153 Å². The van der Waals surface area contributed by atoms with Crippen LogP contribution in [0.3, 0.4) is 0 Å². The summed E-state index contributed by atoms with van der Waals surface area (Å²) in [6.45, 7) is 4.11. The first kappa shape index (κ1) is 19.3. The average Bonchev–Trinajstić information content (AvgIpc) is 2.64. The van der Waals surface area contributed by atoms with Gasteiger partial charge in [-0.05, 0) is 48.9 Å². The third-order valence-electron chi connectivity index (χ3n) is 3.98. The zero-order valence-corrected chi connectivity index (χ0v) is 15.5. The molecule has 2 amide bonds. The van der Waals surface area contributed by atoms with Crippen molar-refractivity contribution < 1.29 is 19.1 Å². The van der Waals surface area contributed by atoms with Gasteiger partial charge >= 0.3 is 0 Å². The number of carbonyl (C=O) groups is 2. The fourth-order valence-corrected chi connectivity index (χ4v) is 2.58. The largest absolute Gasteiger partial charge is 0.497 e. The topological polar surface area (TPSA) is 67.9 Å². The molecule has 0 heterocycles. The number of carbonyl (C=O) groups excluding carboxylic acids is 2. The molecule has 26 heavy (non-hydrogen) atoms. The van der Waals surface area contributed by atoms with E-state index in [-0.39, 0.29) is 11.8 Å². The zero-order chi connectivity index (χ0) is 19.1. The summed E-state index contributed by atoms with van der Waals surface area (Å²) in [5.74, 6) is 0.989. The Balaban J connectivity index is 2.04. The van der Waals surface area contributed by atoms with Crippen LogP contribution < -0.4 is 19.7 Å². The van der Waals surface area contributed by atoms with Crippen LogP contribution in [-0.4, -0.2) is 39.1 Å². The summed E-state index contributed by atoms with van der Waals surface area (Å²) in [6.07, 6.45) is 0. The molecule has 2 aromatic rings. The Bertz CT molecular complexity index is 772. The van der Waals surface area contributed by atoms with Gasteiger partial charge in [-0.2, -0.15) is 0 Å². The number of anilines is 1. The normalized spacial score (nSPS) is 10.2. The summed E-state index contributed by atoms with van der Waals surface area (Å²) in [5, 5.41) is 2.83. The van der Waals surface area contributed by atoms with Crippen molar-refractivity contribution in [1.82, 2.24) is 5.32 Å². The van der Waals surface area contributed by atoms with Crippen molar-refractivity contribution in [3.8, 4) is 11.5 Å². The summed E-state index contributed by atoms with van der Waals surface area (Å²) in [6, 6.07) is 12.5. The minimum absolute atomic E-state index is 0.118. The lowest BCUT2D eigenvalue weighted by Gasteiger charge is -2.24. The molecular formula is C20H24N2O4. The quantitative estimate of drug-likeness (QED) is 0.828. The molecule has 1 N–H and O–H groups in total. The number of nitrogens with one attached hydrogen (secondary N) is 1. The second-order valence-corrected chi connectivity index (χ2v) is 5.83. The highest BCUT2D eigenvalue weighted by atomic mass is 16.5. The summed E-state index contributed by atoms with van der Waals surface area (Å²) >= 11 is 0. The first-order valence-corrected chi connectivity index (χ1v) is 8.31. The van der Waals surface area contributed by atoms with Crippen molar-refractivity contribution in [3.05, 3.63) is 53.6 Å². The van der Waals surface area contributed by atoms with Gasteiger partial charge in [0.15, 0.2) is 0 Å². The maximum atomic E-state index is 12.2. The van der Waals surface area contributed by atoms with E-state index in [1.54, 1.807) is 43.4 Å². The molecule has 138 valence electrons. The molecular weight excluding hydrogens is 332 g/mol. The molecule has 6 heteroatoms. The molecule has 6 nitrogen and oxygen atoms in total. The molecule has 0 fully saturated rings. The van der Waals surface area contributed by atoms with E-state index in [0.29, 0.717) is 35.8 Å². The number of amides is 2. The van der Waals surface area contributed by atoms with Gasteiger partial charge in [0, 0.05) is 25.6 Å². The van der Waals surface area contributed by atoms with Crippen LogP contribution in [-0.2, 0) is 4.79 Å². The summed E-state index contributed by atoms with van der Waals surface area (Å²) < 4.78 is 10.4. The molecule has 0 bridgehead atoms. The fraction of sp³-hybridized carbons (Fsp3) is 0.300. The van der Waals surface area contributed by atoms with Crippen LogP contribution >= 0.6 is 0 Å². The van der Waals surface area contributed by atoms with E-state index >= 15 is 0 Å². The molecule has 0 aliphatic carbocycles. The number of aryl methyl sites for hydroxylation is 1. The molecule has 0 aliphatic rings. The van der Waals surface area contributed by atoms with E-state index in [1.807, 2.05) is 25.1 Å². The molecule has 0 saturated carbocycles. The van der Waals surface area contributed by atoms with Crippen LogP contribution in [0.15, 0.2) is 42.5 Å². The first-order valence-electron chi connectivity index (χ1n) is 8.31. The van der Waals surface area contributed by atoms with Crippen molar-refractivity contribution >= 4 is 17.5 Å². The molecule has 0 spiro atoms. The van der Waals surface area contributed by atoms with E-state index in [4.69, 9.17) is 9.47 Å². The third-order valence-corrected chi connectivity index (χ3v) is 3.98. The SMILES string of the molecule is COc1ccc(C(=O)NCCN(C(C)=O)c2cc(C)ccc2OC)cc1. The van der Waals surface area contributed by atoms with E-state index in [9.17, 15) is 9.59 Å². The Hall–Kier alpha value is -3.02. The number of benzene rings is 2. The fourth-order valence-electron chi connectivity index (χ4n) is 2.58. The standard InChI is InChI=1S/C20H24N2O4/c1-14-5-10-19(26-4)18(13-14)22(15(2)23)12-11-21-20(24)16-6-8-17(25-3)9-7-16/h5-10,13H,11-12H2,1-4H3,(H,21,24). The number of nitrogens with zero attached hydrogens (tertiary/aromatic N) is 1. The summed E-state index contributed by atoms with van der Waals surface area (Å²) in [4.78, 5) is 25.9. The van der Waals surface area contributed by atoms with Crippen molar-refractivity contribution in [2.75, 3.05) is 32.2 Å². The van der Waals surface area contributed by atoms with Gasteiger partial charge in [-0.3, -0.25) is 9.59 Å². The molecule has 0 atom stereocenters. The minimum atomic E-state index is -0.202. The lowest BCUT2D eigenvalue weighted by atomic mass is 10.2. The number of hydrogen-bond donors (Lipinski definition) is 1. The van der Waals surface area contributed by atoms with Crippen molar-refractivity contribution in [2.24, 2.45) is 0 Å². The van der Waals surface area contributed by atoms with E-state index in [1.165, 1.54) is 6.92 Å². The third kappa shape index (κ3) is 4.75. The zero-order valence-electron chi connectivity index (χ0n) is 15.5. The Kier molecular flexibility index (Phi) is 6.60. The van der Waals surface area contributed by atoms with Gasteiger partial charge < -0.3 is 19.7 Å². The van der Waals surface area contributed by atoms with Crippen LogP contribution in [0.5, 0.6) is 11.5 Å². The highest BCUT2D eigenvalue weighted by molar-refractivity contribution is 5.95. The first-order chi connectivity index (χ1) is 12.5. The number of rotatable bonds is 7. The smallest absolute Gasteiger partial charge is 0.251 e. The highest BCUT2D eigenvalue weighted by Crippen LogP contribution is 2.29. The maximum absolute atomic E-state index is 12.2. The number of methoxy groups -OCH3 is 2. The van der Waals surface area contributed by atoms with E-state index < -0.39 is 0 Å². The molecule has 2 rings (SSSR count). The molecule has 0 saturated heterocycles. The molecule has 0 aromatic heterocycles. The lowest BCUT2D eigenvalue weighted by Crippen LogP contribution is -2.37. The Morgan fingerprint density at radius 3 is 2.31 bits per heavy atom.